The Morgan fingerprint density at radius 3 is 2.50 bits per heavy atom. The Labute approximate surface area is 237 Å². The van der Waals surface area contributed by atoms with E-state index in [1.54, 1.807) is 0 Å². The van der Waals surface area contributed by atoms with Gasteiger partial charge in [-0.05, 0) is 41.3 Å². The minimum Gasteiger partial charge on any atom is -0.470 e. The smallest absolute Gasteiger partial charge is 0.172 e. The first-order valence-electron chi connectivity index (χ1n) is 13.9. The van der Waals surface area contributed by atoms with Crippen molar-refractivity contribution in [3.63, 3.8) is 0 Å². The summed E-state index contributed by atoms with van der Waals surface area (Å²) >= 11 is 0. The Morgan fingerprint density at radius 2 is 1.77 bits per heavy atom. The molecule has 0 fully saturated rings. The summed E-state index contributed by atoms with van der Waals surface area (Å²) in [5, 5.41) is 5.45. The van der Waals surface area contributed by atoms with Gasteiger partial charge in [0.05, 0.1) is 11.0 Å². The van der Waals surface area contributed by atoms with Crippen LogP contribution in [0.3, 0.4) is 0 Å². The lowest BCUT2D eigenvalue weighted by Gasteiger charge is -2.29. The van der Waals surface area contributed by atoms with Crippen molar-refractivity contribution < 1.29 is 4.74 Å². The highest BCUT2D eigenvalue weighted by Crippen LogP contribution is 2.35. The molecule has 7 nitrogen and oxygen atoms in total. The molecule has 2 atom stereocenters. The summed E-state index contributed by atoms with van der Waals surface area (Å²) in [6.45, 7) is 8.89. The Bertz CT molecular complexity index is 1640. The third-order valence-corrected chi connectivity index (χ3v) is 7.54. The first kappa shape index (κ1) is 27.3. The van der Waals surface area contributed by atoms with Crippen molar-refractivity contribution >= 4 is 21.8 Å². The maximum atomic E-state index is 6.73. The number of hydrogen-bond donors (Lipinski definition) is 1. The lowest BCUT2D eigenvalue weighted by molar-refractivity contribution is 0.0650. The molecule has 7 heteroatoms. The van der Waals surface area contributed by atoms with Crippen molar-refractivity contribution in [3.05, 3.63) is 97.0 Å². The molecule has 3 aromatic heterocycles. The molecule has 0 radical (unpaired) electrons. The van der Waals surface area contributed by atoms with Gasteiger partial charge in [-0.15, -0.1) is 0 Å². The number of imidazole rings is 1. The number of pyridine rings is 1. The summed E-state index contributed by atoms with van der Waals surface area (Å²) in [5.74, 6) is 2.96. The van der Waals surface area contributed by atoms with Crippen LogP contribution in [0, 0.1) is 0 Å². The largest absolute Gasteiger partial charge is 0.470 e. The van der Waals surface area contributed by atoms with E-state index < -0.39 is 0 Å². The zero-order chi connectivity index (χ0) is 28.4. The van der Waals surface area contributed by atoms with Crippen LogP contribution in [0.1, 0.15) is 51.4 Å². The van der Waals surface area contributed by atoms with Gasteiger partial charge in [-0.2, -0.15) is 0 Å². The molecule has 5 rings (SSSR count). The average molecular weight is 537 g/mol. The first-order valence-corrected chi connectivity index (χ1v) is 13.9. The molecule has 0 aliphatic rings. The summed E-state index contributed by atoms with van der Waals surface area (Å²) in [4.78, 5) is 11.5. The summed E-state index contributed by atoms with van der Waals surface area (Å²) in [6.07, 6.45) is 10.2. The van der Waals surface area contributed by atoms with Gasteiger partial charge in [0.1, 0.15) is 17.4 Å². The maximum Gasteiger partial charge on any atom is 0.172 e. The number of ether oxygens (including phenoxy) is 1. The highest BCUT2D eigenvalue weighted by molar-refractivity contribution is 6.09. The summed E-state index contributed by atoms with van der Waals surface area (Å²) in [7, 11) is 5.97. The fraction of sp³-hybridized carbons (Fsp3) is 0.333. The van der Waals surface area contributed by atoms with E-state index in [0.717, 1.165) is 34.8 Å². The lowest BCUT2D eigenvalue weighted by atomic mass is 9.88. The van der Waals surface area contributed by atoms with Gasteiger partial charge in [-0.25, -0.2) is 9.97 Å². The van der Waals surface area contributed by atoms with Gasteiger partial charge in [-0.3, -0.25) is 4.57 Å². The second kappa shape index (κ2) is 11.1. The van der Waals surface area contributed by atoms with Gasteiger partial charge in [-0.1, -0.05) is 45.9 Å². The monoisotopic (exact) mass is 536 g/mol. The Hall–Kier alpha value is -4.26. The van der Waals surface area contributed by atoms with Crippen molar-refractivity contribution in [1.29, 1.82) is 0 Å². The SMILES string of the molecule is CN/C=C\N(C)C(CC(C)c1nccn1C)Oc1ccc2c3ccccc3n(-c3cc(C(C)(C)C)ccn3)c2c1. The lowest BCUT2D eigenvalue weighted by Crippen LogP contribution is -2.34. The van der Waals surface area contributed by atoms with Crippen LogP contribution < -0.4 is 10.1 Å². The van der Waals surface area contributed by atoms with E-state index in [1.807, 2.05) is 52.1 Å². The van der Waals surface area contributed by atoms with Crippen molar-refractivity contribution in [3.8, 4) is 11.6 Å². The van der Waals surface area contributed by atoms with Crippen LogP contribution in [0.25, 0.3) is 27.6 Å². The molecule has 0 aliphatic carbocycles. The molecule has 0 amide bonds. The Morgan fingerprint density at radius 1 is 1.00 bits per heavy atom. The molecule has 2 aromatic carbocycles. The van der Waals surface area contributed by atoms with Gasteiger partial charge in [0.15, 0.2) is 6.23 Å². The molecule has 5 aromatic rings. The molecule has 3 heterocycles. The zero-order valence-corrected chi connectivity index (χ0v) is 24.6. The quantitative estimate of drug-likeness (QED) is 0.212. The van der Waals surface area contributed by atoms with Gasteiger partial charge >= 0.3 is 0 Å². The third-order valence-electron chi connectivity index (χ3n) is 7.54. The minimum absolute atomic E-state index is 0.0211. The number of fused-ring (bicyclic) bond motifs is 3. The molecule has 0 saturated heterocycles. The van der Waals surface area contributed by atoms with E-state index >= 15 is 0 Å². The molecule has 2 unspecified atom stereocenters. The fourth-order valence-corrected chi connectivity index (χ4v) is 5.28. The molecular formula is C33H40N6O. The predicted molar refractivity (Wildman–Crippen MR) is 164 cm³/mol. The van der Waals surface area contributed by atoms with Gasteiger partial charge in [0.2, 0.25) is 0 Å². The number of para-hydroxylation sites is 1. The van der Waals surface area contributed by atoms with Crippen LogP contribution in [0.4, 0.5) is 0 Å². The summed E-state index contributed by atoms with van der Waals surface area (Å²) < 4.78 is 11.1. The number of nitrogens with zero attached hydrogens (tertiary/aromatic N) is 5. The first-order chi connectivity index (χ1) is 19.2. The molecule has 0 spiro atoms. The van der Waals surface area contributed by atoms with Crippen LogP contribution in [0.2, 0.25) is 0 Å². The normalized spacial score (nSPS) is 13.7. The van der Waals surface area contributed by atoms with Crippen molar-refractivity contribution in [2.45, 2.75) is 51.7 Å². The Balaban J connectivity index is 1.58. The van der Waals surface area contributed by atoms with E-state index in [4.69, 9.17) is 9.72 Å². The van der Waals surface area contributed by atoms with Crippen molar-refractivity contribution in [1.82, 2.24) is 29.3 Å². The number of hydrogen-bond acceptors (Lipinski definition) is 5. The molecule has 40 heavy (non-hydrogen) atoms. The van der Waals surface area contributed by atoms with Crippen LogP contribution in [-0.4, -0.2) is 44.3 Å². The van der Waals surface area contributed by atoms with Gasteiger partial charge < -0.3 is 19.5 Å². The van der Waals surface area contributed by atoms with Crippen LogP contribution >= 0.6 is 0 Å². The second-order valence-electron chi connectivity index (χ2n) is 11.6. The van der Waals surface area contributed by atoms with E-state index in [2.05, 4.69) is 107 Å². The molecule has 0 saturated carbocycles. The molecule has 208 valence electrons. The van der Waals surface area contributed by atoms with Crippen LogP contribution in [0.15, 0.2) is 85.6 Å². The third kappa shape index (κ3) is 5.41. The molecule has 0 bridgehead atoms. The number of aryl methyl sites for hydroxylation is 1. The van der Waals surface area contributed by atoms with Crippen molar-refractivity contribution in [2.24, 2.45) is 7.05 Å². The van der Waals surface area contributed by atoms with E-state index in [-0.39, 0.29) is 17.6 Å². The number of benzene rings is 2. The van der Waals surface area contributed by atoms with Crippen molar-refractivity contribution in [2.75, 3.05) is 14.1 Å². The van der Waals surface area contributed by atoms with E-state index in [1.165, 1.54) is 16.3 Å². The maximum absolute atomic E-state index is 6.73. The average Bonchev–Trinajstić information content (AvgIpc) is 3.51. The van der Waals surface area contributed by atoms with Crippen LogP contribution in [-0.2, 0) is 12.5 Å². The van der Waals surface area contributed by atoms with E-state index in [9.17, 15) is 0 Å². The number of rotatable bonds is 9. The number of nitrogens with one attached hydrogen (secondary N) is 1. The van der Waals surface area contributed by atoms with Gasteiger partial charge in [0.25, 0.3) is 0 Å². The Kier molecular flexibility index (Phi) is 7.57. The standard InChI is InChI=1S/C33H40N6O/c1-23(32-36-17-19-38(32)7)20-31(37(6)18-16-34-5)40-25-12-13-27-26-10-8-9-11-28(26)39(29(27)22-25)30-21-24(14-15-35-30)33(2,3)4/h8-19,21-23,31,34H,20H2,1-7H3/b18-16-. The van der Waals surface area contributed by atoms with E-state index in [0.29, 0.717) is 0 Å². The summed E-state index contributed by atoms with van der Waals surface area (Å²) in [5.41, 5.74) is 3.47. The molecular weight excluding hydrogens is 496 g/mol. The van der Waals surface area contributed by atoms with Crippen LogP contribution in [0.5, 0.6) is 5.75 Å². The number of aromatic nitrogens is 4. The highest BCUT2D eigenvalue weighted by atomic mass is 16.5. The predicted octanol–water partition coefficient (Wildman–Crippen LogP) is 6.73. The molecule has 1 N–H and O–H groups in total. The summed E-state index contributed by atoms with van der Waals surface area (Å²) in [6, 6.07) is 19.2. The minimum atomic E-state index is -0.200. The zero-order valence-electron chi connectivity index (χ0n) is 24.6. The van der Waals surface area contributed by atoms with Gasteiger partial charge in [0, 0.05) is 81.3 Å². The second-order valence-corrected chi connectivity index (χ2v) is 11.6. The molecule has 0 aliphatic heterocycles. The topological polar surface area (TPSA) is 60.1 Å². The fourth-order valence-electron chi connectivity index (χ4n) is 5.28. The highest BCUT2D eigenvalue weighted by Gasteiger charge is 2.23.